The molecule has 2 nitrogen and oxygen atoms in total. The summed E-state index contributed by atoms with van der Waals surface area (Å²) in [6, 6.07) is 7.49. The fourth-order valence-electron chi connectivity index (χ4n) is 1.98. The first-order valence-electron chi connectivity index (χ1n) is 5.30. The zero-order valence-electron chi connectivity index (χ0n) is 9.66. The Labute approximate surface area is 110 Å². The van der Waals surface area contributed by atoms with Gasteiger partial charge in [0.05, 0.1) is 4.75 Å². The Morgan fingerprint density at radius 1 is 1.47 bits per heavy atom. The van der Waals surface area contributed by atoms with Crippen LogP contribution in [0.15, 0.2) is 35.6 Å². The van der Waals surface area contributed by atoms with E-state index < -0.39 is 4.75 Å². The van der Waals surface area contributed by atoms with E-state index in [0.717, 1.165) is 5.56 Å². The van der Waals surface area contributed by atoms with Crippen molar-refractivity contribution in [3.05, 3.63) is 46.2 Å². The van der Waals surface area contributed by atoms with Crippen LogP contribution in [0.25, 0.3) is 0 Å². The standard InChI is InChI=1S/C13H13ClO2S/c1-8-11(15)13(2,17-12(8)16)7-9-4-3-5-10(14)6-9/h3-6,15H,7H2,1-2H3. The Hall–Kier alpha value is -0.930. The lowest BCUT2D eigenvalue weighted by Gasteiger charge is -2.22. The molecule has 0 radical (unpaired) electrons. The summed E-state index contributed by atoms with van der Waals surface area (Å²) in [6.45, 7) is 3.54. The molecule has 1 aliphatic heterocycles. The molecule has 0 fully saturated rings. The van der Waals surface area contributed by atoms with Gasteiger partial charge in [-0.3, -0.25) is 4.79 Å². The zero-order valence-corrected chi connectivity index (χ0v) is 11.2. The van der Waals surface area contributed by atoms with Gasteiger partial charge in [0, 0.05) is 10.6 Å². The molecular formula is C13H13ClO2S. The minimum atomic E-state index is -0.564. The highest BCUT2D eigenvalue weighted by atomic mass is 35.5. The monoisotopic (exact) mass is 268 g/mol. The molecule has 1 heterocycles. The minimum absolute atomic E-state index is 0.0490. The third-order valence-corrected chi connectivity index (χ3v) is 4.43. The fraction of sp³-hybridized carbons (Fsp3) is 0.308. The Balaban J connectivity index is 2.28. The van der Waals surface area contributed by atoms with E-state index in [1.807, 2.05) is 25.1 Å². The minimum Gasteiger partial charge on any atom is -0.510 e. The average molecular weight is 269 g/mol. The Morgan fingerprint density at radius 2 is 2.18 bits per heavy atom. The van der Waals surface area contributed by atoms with Crippen LogP contribution in [0, 0.1) is 0 Å². The summed E-state index contributed by atoms with van der Waals surface area (Å²) in [4.78, 5) is 11.6. The summed E-state index contributed by atoms with van der Waals surface area (Å²) in [5, 5.41) is 10.6. The predicted molar refractivity (Wildman–Crippen MR) is 71.5 cm³/mol. The number of rotatable bonds is 2. The van der Waals surface area contributed by atoms with Crippen LogP contribution in [0.3, 0.4) is 0 Å². The van der Waals surface area contributed by atoms with Gasteiger partial charge < -0.3 is 5.11 Å². The molecule has 2 rings (SSSR count). The van der Waals surface area contributed by atoms with Crippen LogP contribution >= 0.6 is 23.4 Å². The van der Waals surface area contributed by atoms with Gasteiger partial charge in [0.2, 0.25) is 5.12 Å². The SMILES string of the molecule is CC1=C(O)C(C)(Cc2cccc(Cl)c2)SC1=O. The van der Waals surface area contributed by atoms with E-state index in [0.29, 0.717) is 17.0 Å². The second kappa shape index (κ2) is 4.39. The van der Waals surface area contributed by atoms with Gasteiger partial charge in [-0.25, -0.2) is 0 Å². The van der Waals surface area contributed by atoms with Gasteiger partial charge in [0.1, 0.15) is 5.76 Å². The number of carbonyl (C=O) groups excluding carboxylic acids is 1. The molecular weight excluding hydrogens is 256 g/mol. The predicted octanol–water partition coefficient (Wildman–Crippen LogP) is 3.75. The van der Waals surface area contributed by atoms with Crippen LogP contribution < -0.4 is 0 Å². The molecule has 1 atom stereocenters. The van der Waals surface area contributed by atoms with Crippen LogP contribution in [-0.4, -0.2) is 15.0 Å². The summed E-state index contributed by atoms with van der Waals surface area (Å²) >= 11 is 7.10. The normalized spacial score (nSPS) is 24.5. The van der Waals surface area contributed by atoms with E-state index in [-0.39, 0.29) is 10.9 Å². The van der Waals surface area contributed by atoms with Crippen molar-refractivity contribution in [3.8, 4) is 0 Å². The smallest absolute Gasteiger partial charge is 0.219 e. The zero-order chi connectivity index (χ0) is 12.6. The molecule has 0 saturated carbocycles. The first-order valence-corrected chi connectivity index (χ1v) is 6.50. The number of benzene rings is 1. The van der Waals surface area contributed by atoms with Crippen LogP contribution in [0.5, 0.6) is 0 Å². The molecule has 0 amide bonds. The largest absolute Gasteiger partial charge is 0.510 e. The van der Waals surface area contributed by atoms with Crippen LogP contribution in [0.1, 0.15) is 19.4 Å². The molecule has 1 aromatic rings. The molecule has 0 aliphatic carbocycles. The summed E-state index contributed by atoms with van der Waals surface area (Å²) in [7, 11) is 0. The van der Waals surface area contributed by atoms with Crippen molar-refractivity contribution in [1.29, 1.82) is 0 Å². The third kappa shape index (κ3) is 2.35. The van der Waals surface area contributed by atoms with Gasteiger partial charge >= 0.3 is 0 Å². The van der Waals surface area contributed by atoms with Crippen molar-refractivity contribution in [2.75, 3.05) is 0 Å². The highest BCUT2D eigenvalue weighted by Crippen LogP contribution is 2.44. The van der Waals surface area contributed by atoms with E-state index in [4.69, 9.17) is 11.6 Å². The number of thioether (sulfide) groups is 1. The van der Waals surface area contributed by atoms with Crippen molar-refractivity contribution in [1.82, 2.24) is 0 Å². The van der Waals surface area contributed by atoms with E-state index in [2.05, 4.69) is 0 Å². The number of hydrogen-bond donors (Lipinski definition) is 1. The highest BCUT2D eigenvalue weighted by Gasteiger charge is 2.41. The summed E-state index contributed by atoms with van der Waals surface area (Å²) in [5.74, 6) is 0.187. The molecule has 0 spiro atoms. The van der Waals surface area contributed by atoms with E-state index >= 15 is 0 Å². The summed E-state index contributed by atoms with van der Waals surface area (Å²) in [6.07, 6.45) is 0.590. The van der Waals surface area contributed by atoms with Gasteiger partial charge in [-0.15, -0.1) is 0 Å². The lowest BCUT2D eigenvalue weighted by Crippen LogP contribution is -2.23. The van der Waals surface area contributed by atoms with Gasteiger partial charge in [0.15, 0.2) is 0 Å². The maximum Gasteiger partial charge on any atom is 0.219 e. The average Bonchev–Trinajstić information content (AvgIpc) is 2.43. The molecule has 0 bridgehead atoms. The lowest BCUT2D eigenvalue weighted by molar-refractivity contribution is -0.107. The quantitative estimate of drug-likeness (QED) is 0.888. The number of aliphatic hydroxyl groups is 1. The second-order valence-corrected chi connectivity index (χ2v) is 6.31. The van der Waals surface area contributed by atoms with Crippen molar-refractivity contribution < 1.29 is 9.90 Å². The van der Waals surface area contributed by atoms with Crippen molar-refractivity contribution in [2.24, 2.45) is 0 Å². The molecule has 1 N–H and O–H groups in total. The summed E-state index contributed by atoms with van der Waals surface area (Å²) in [5.41, 5.74) is 1.47. The van der Waals surface area contributed by atoms with Gasteiger partial charge in [0.25, 0.3) is 0 Å². The van der Waals surface area contributed by atoms with Crippen molar-refractivity contribution in [3.63, 3.8) is 0 Å². The van der Waals surface area contributed by atoms with E-state index in [1.165, 1.54) is 11.8 Å². The van der Waals surface area contributed by atoms with E-state index in [1.54, 1.807) is 13.0 Å². The fourth-order valence-corrected chi connectivity index (χ4v) is 3.34. The Kier molecular flexibility index (Phi) is 3.23. The first kappa shape index (κ1) is 12.5. The van der Waals surface area contributed by atoms with Gasteiger partial charge in [-0.2, -0.15) is 0 Å². The molecule has 0 saturated heterocycles. The van der Waals surface area contributed by atoms with E-state index in [9.17, 15) is 9.90 Å². The molecule has 1 aromatic carbocycles. The number of carbonyl (C=O) groups is 1. The summed E-state index contributed by atoms with van der Waals surface area (Å²) < 4.78 is -0.564. The first-order chi connectivity index (χ1) is 7.92. The molecule has 90 valence electrons. The van der Waals surface area contributed by atoms with Gasteiger partial charge in [-0.1, -0.05) is 35.5 Å². The third-order valence-electron chi connectivity index (χ3n) is 2.91. The molecule has 4 heteroatoms. The topological polar surface area (TPSA) is 37.3 Å². The maximum absolute atomic E-state index is 11.6. The highest BCUT2D eigenvalue weighted by molar-refractivity contribution is 8.15. The number of halogens is 1. The van der Waals surface area contributed by atoms with Crippen LogP contribution in [0.4, 0.5) is 0 Å². The van der Waals surface area contributed by atoms with Crippen LogP contribution in [0.2, 0.25) is 5.02 Å². The lowest BCUT2D eigenvalue weighted by atomic mass is 9.96. The number of aliphatic hydroxyl groups excluding tert-OH is 1. The van der Waals surface area contributed by atoms with Crippen molar-refractivity contribution in [2.45, 2.75) is 25.0 Å². The van der Waals surface area contributed by atoms with Crippen LogP contribution in [-0.2, 0) is 11.2 Å². The molecule has 1 aliphatic rings. The Morgan fingerprint density at radius 3 is 2.71 bits per heavy atom. The molecule has 17 heavy (non-hydrogen) atoms. The molecule has 0 aromatic heterocycles. The number of hydrogen-bond acceptors (Lipinski definition) is 3. The Bertz CT molecular complexity index is 510. The maximum atomic E-state index is 11.6. The molecule has 1 unspecified atom stereocenters. The van der Waals surface area contributed by atoms with Crippen molar-refractivity contribution >= 4 is 28.5 Å². The van der Waals surface area contributed by atoms with Gasteiger partial charge in [-0.05, 0) is 38.0 Å². The second-order valence-electron chi connectivity index (χ2n) is 4.40.